The van der Waals surface area contributed by atoms with Gasteiger partial charge in [-0.2, -0.15) is 0 Å². The molecule has 1 aromatic heterocycles. The molecule has 0 radical (unpaired) electrons. The third-order valence-electron chi connectivity index (χ3n) is 3.72. The zero-order chi connectivity index (χ0) is 18.0. The smallest absolute Gasteiger partial charge is 0.266 e. The molecule has 0 saturated carbocycles. The summed E-state index contributed by atoms with van der Waals surface area (Å²) >= 11 is 1.25. The normalized spacial score (nSPS) is 10.8. The van der Waals surface area contributed by atoms with Crippen molar-refractivity contribution in [1.82, 2.24) is 9.55 Å². The Hall–Kier alpha value is -2.60. The molecular formula is C19H18N2O3S. The van der Waals surface area contributed by atoms with Gasteiger partial charge in [0.15, 0.2) is 5.16 Å². The molecule has 3 aromatic rings. The number of ketones is 1. The van der Waals surface area contributed by atoms with Crippen molar-refractivity contribution in [3.8, 4) is 11.4 Å². The van der Waals surface area contributed by atoms with Crippen molar-refractivity contribution in [2.45, 2.75) is 19.0 Å². The minimum Gasteiger partial charge on any atom is -0.495 e. The number of ether oxygens (including phenoxy) is 1. The van der Waals surface area contributed by atoms with Gasteiger partial charge in [0, 0.05) is 0 Å². The third kappa shape index (κ3) is 3.44. The van der Waals surface area contributed by atoms with Gasteiger partial charge in [0.25, 0.3) is 5.56 Å². The first-order valence-corrected chi connectivity index (χ1v) is 8.79. The van der Waals surface area contributed by atoms with E-state index in [1.807, 2.05) is 37.3 Å². The van der Waals surface area contributed by atoms with E-state index < -0.39 is 0 Å². The fourth-order valence-electron chi connectivity index (χ4n) is 2.56. The van der Waals surface area contributed by atoms with Crippen LogP contribution in [0.4, 0.5) is 0 Å². The molecule has 0 aliphatic heterocycles. The van der Waals surface area contributed by atoms with Crippen LogP contribution in [0.15, 0.2) is 52.4 Å². The molecule has 128 valence electrons. The largest absolute Gasteiger partial charge is 0.495 e. The Bertz CT molecular complexity index is 1010. The van der Waals surface area contributed by atoms with Gasteiger partial charge in [-0.3, -0.25) is 14.2 Å². The van der Waals surface area contributed by atoms with Gasteiger partial charge < -0.3 is 4.74 Å². The molecule has 0 atom stereocenters. The van der Waals surface area contributed by atoms with Crippen molar-refractivity contribution in [3.63, 3.8) is 0 Å². The van der Waals surface area contributed by atoms with Crippen LogP contribution >= 0.6 is 11.8 Å². The number of hydrogen-bond donors (Lipinski definition) is 0. The summed E-state index contributed by atoms with van der Waals surface area (Å²) in [6.45, 7) is 3.47. The summed E-state index contributed by atoms with van der Waals surface area (Å²) in [5, 5.41) is 1.00. The lowest BCUT2D eigenvalue weighted by Crippen LogP contribution is -2.22. The van der Waals surface area contributed by atoms with E-state index in [-0.39, 0.29) is 17.1 Å². The van der Waals surface area contributed by atoms with Gasteiger partial charge in [0.2, 0.25) is 0 Å². The minimum atomic E-state index is -0.180. The van der Waals surface area contributed by atoms with E-state index in [0.29, 0.717) is 27.5 Å². The lowest BCUT2D eigenvalue weighted by Gasteiger charge is -2.16. The molecule has 0 unspecified atom stereocenters. The lowest BCUT2D eigenvalue weighted by molar-refractivity contribution is -0.114. The number of aromatic nitrogens is 2. The number of hydrogen-bond acceptors (Lipinski definition) is 5. The summed E-state index contributed by atoms with van der Waals surface area (Å²) in [6, 6.07) is 12.8. The second-order valence-electron chi connectivity index (χ2n) is 5.72. The lowest BCUT2D eigenvalue weighted by atomic mass is 10.2. The summed E-state index contributed by atoms with van der Waals surface area (Å²) in [6.07, 6.45) is 0. The van der Waals surface area contributed by atoms with E-state index in [1.165, 1.54) is 23.3 Å². The molecule has 2 aromatic carbocycles. The minimum absolute atomic E-state index is 0.0233. The van der Waals surface area contributed by atoms with Crippen LogP contribution in [0, 0.1) is 6.92 Å². The van der Waals surface area contributed by atoms with Crippen LogP contribution < -0.4 is 10.3 Å². The predicted octanol–water partition coefficient (Wildman–Crippen LogP) is 3.38. The Morgan fingerprint density at radius 3 is 2.72 bits per heavy atom. The molecule has 0 amide bonds. The van der Waals surface area contributed by atoms with Crippen molar-refractivity contribution < 1.29 is 9.53 Å². The number of fused-ring (bicyclic) bond motifs is 1. The van der Waals surface area contributed by atoms with Crippen LogP contribution in [0.25, 0.3) is 16.6 Å². The highest BCUT2D eigenvalue weighted by Gasteiger charge is 2.17. The number of aryl methyl sites for hydroxylation is 1. The number of rotatable bonds is 5. The highest BCUT2D eigenvalue weighted by molar-refractivity contribution is 7.99. The number of Topliss-reactive ketones (excluding diaryl/α,β-unsaturated/α-hetero) is 1. The molecule has 0 aliphatic carbocycles. The highest BCUT2D eigenvalue weighted by atomic mass is 32.2. The molecule has 0 aliphatic rings. The first-order chi connectivity index (χ1) is 12.0. The summed E-state index contributed by atoms with van der Waals surface area (Å²) < 4.78 is 6.97. The van der Waals surface area contributed by atoms with Crippen LogP contribution in [-0.4, -0.2) is 28.2 Å². The van der Waals surface area contributed by atoms with E-state index in [2.05, 4.69) is 4.98 Å². The molecule has 25 heavy (non-hydrogen) atoms. The molecule has 3 rings (SSSR count). The molecule has 0 saturated heterocycles. The fraction of sp³-hybridized carbons (Fsp3) is 0.211. The summed E-state index contributed by atoms with van der Waals surface area (Å²) in [5.74, 6) is 0.850. The maximum atomic E-state index is 13.1. The van der Waals surface area contributed by atoms with Crippen molar-refractivity contribution in [2.75, 3.05) is 12.9 Å². The average Bonchev–Trinajstić information content (AvgIpc) is 2.60. The van der Waals surface area contributed by atoms with Crippen molar-refractivity contribution in [2.24, 2.45) is 0 Å². The van der Waals surface area contributed by atoms with Gasteiger partial charge in [0.1, 0.15) is 11.5 Å². The first-order valence-electron chi connectivity index (χ1n) is 7.80. The maximum absolute atomic E-state index is 13.1. The van der Waals surface area contributed by atoms with Crippen LogP contribution in [-0.2, 0) is 4.79 Å². The van der Waals surface area contributed by atoms with Gasteiger partial charge in [-0.25, -0.2) is 4.98 Å². The van der Waals surface area contributed by atoms with Gasteiger partial charge in [-0.1, -0.05) is 30.0 Å². The van der Waals surface area contributed by atoms with E-state index in [4.69, 9.17) is 4.74 Å². The summed E-state index contributed by atoms with van der Waals surface area (Å²) in [5.41, 5.74) is 2.05. The Balaban J connectivity index is 2.33. The number of nitrogens with zero attached hydrogens (tertiary/aromatic N) is 2. The Kier molecular flexibility index (Phi) is 4.90. The van der Waals surface area contributed by atoms with Crippen LogP contribution in [0.5, 0.6) is 5.75 Å². The van der Waals surface area contributed by atoms with Crippen molar-refractivity contribution in [3.05, 3.63) is 58.4 Å². The SMILES string of the molecule is COc1ccc(C)cc1-n1c(SCC(C)=O)nc2ccccc2c1=O. The quantitative estimate of drug-likeness (QED) is 0.519. The first kappa shape index (κ1) is 17.2. The average molecular weight is 354 g/mol. The number of para-hydroxylation sites is 1. The Labute approximate surface area is 149 Å². The topological polar surface area (TPSA) is 61.2 Å². The maximum Gasteiger partial charge on any atom is 0.266 e. The highest BCUT2D eigenvalue weighted by Crippen LogP contribution is 2.28. The molecule has 0 bridgehead atoms. The van der Waals surface area contributed by atoms with Crippen LogP contribution in [0.2, 0.25) is 0 Å². The number of carbonyl (C=O) groups is 1. The monoisotopic (exact) mass is 354 g/mol. The van der Waals surface area contributed by atoms with E-state index in [1.54, 1.807) is 19.2 Å². The predicted molar refractivity (Wildman–Crippen MR) is 100 cm³/mol. The van der Waals surface area contributed by atoms with E-state index in [9.17, 15) is 9.59 Å². The van der Waals surface area contributed by atoms with E-state index in [0.717, 1.165) is 5.56 Å². The molecule has 1 heterocycles. The van der Waals surface area contributed by atoms with Gasteiger partial charge >= 0.3 is 0 Å². The van der Waals surface area contributed by atoms with E-state index >= 15 is 0 Å². The molecule has 5 nitrogen and oxygen atoms in total. The van der Waals surface area contributed by atoms with Crippen LogP contribution in [0.3, 0.4) is 0 Å². The van der Waals surface area contributed by atoms with Crippen molar-refractivity contribution >= 4 is 28.4 Å². The van der Waals surface area contributed by atoms with Gasteiger partial charge in [-0.05, 0) is 43.7 Å². The number of benzene rings is 2. The van der Waals surface area contributed by atoms with Gasteiger partial charge in [-0.15, -0.1) is 0 Å². The molecular weight excluding hydrogens is 336 g/mol. The third-order valence-corrected chi connectivity index (χ3v) is 4.81. The number of thioether (sulfide) groups is 1. The van der Waals surface area contributed by atoms with Crippen LogP contribution in [0.1, 0.15) is 12.5 Å². The molecule has 0 N–H and O–H groups in total. The zero-order valence-electron chi connectivity index (χ0n) is 14.3. The Morgan fingerprint density at radius 2 is 2.00 bits per heavy atom. The second kappa shape index (κ2) is 7.11. The molecule has 6 heteroatoms. The fourth-order valence-corrected chi connectivity index (χ4v) is 3.37. The molecule has 0 spiro atoms. The number of carbonyl (C=O) groups excluding carboxylic acids is 1. The summed E-state index contributed by atoms with van der Waals surface area (Å²) in [4.78, 5) is 29.2. The number of methoxy groups -OCH3 is 1. The second-order valence-corrected chi connectivity index (χ2v) is 6.66. The standard InChI is InChI=1S/C19H18N2O3S/c1-12-8-9-17(24-3)16(10-12)21-18(23)14-6-4-5-7-15(14)20-19(21)25-11-13(2)22/h4-10H,11H2,1-3H3. The van der Waals surface area contributed by atoms with Gasteiger partial charge in [0.05, 0.1) is 29.5 Å². The van der Waals surface area contributed by atoms with Crippen molar-refractivity contribution in [1.29, 1.82) is 0 Å². The zero-order valence-corrected chi connectivity index (χ0v) is 15.1. The Morgan fingerprint density at radius 1 is 1.24 bits per heavy atom. The summed E-state index contributed by atoms with van der Waals surface area (Å²) in [7, 11) is 1.57. The molecule has 0 fully saturated rings.